The van der Waals surface area contributed by atoms with Crippen LogP contribution in [0.4, 0.5) is 0 Å². The number of aromatic amines is 1. The normalized spacial score (nSPS) is 13.8. The summed E-state index contributed by atoms with van der Waals surface area (Å²) < 4.78 is 1.43. The van der Waals surface area contributed by atoms with E-state index in [-0.39, 0.29) is 11.6 Å². The predicted molar refractivity (Wildman–Crippen MR) is 47.8 cm³/mol. The molecule has 0 aromatic carbocycles. The first-order valence-electron chi connectivity index (χ1n) is 4.04. The number of nitrogens with two attached hydrogens (primary N) is 1. The van der Waals surface area contributed by atoms with Gasteiger partial charge in [-0.05, 0) is 5.92 Å². The van der Waals surface area contributed by atoms with Crippen LogP contribution in [0.25, 0.3) is 0 Å². The lowest BCUT2D eigenvalue weighted by Crippen LogP contribution is -2.17. The summed E-state index contributed by atoms with van der Waals surface area (Å²) in [6.07, 6.45) is 0. The summed E-state index contributed by atoms with van der Waals surface area (Å²) in [6.45, 7) is 4.05. The van der Waals surface area contributed by atoms with Gasteiger partial charge in [0.05, 0.1) is 5.69 Å². The summed E-state index contributed by atoms with van der Waals surface area (Å²) in [5.41, 5.74) is 6.60. The topological polar surface area (TPSA) is 63.8 Å². The summed E-state index contributed by atoms with van der Waals surface area (Å²) in [7, 11) is 1.68. The van der Waals surface area contributed by atoms with Crippen molar-refractivity contribution >= 4 is 0 Å². The third-order valence-electron chi connectivity index (χ3n) is 1.98. The number of aromatic nitrogens is 2. The van der Waals surface area contributed by atoms with Crippen LogP contribution < -0.4 is 11.3 Å². The zero-order valence-electron chi connectivity index (χ0n) is 7.66. The Morgan fingerprint density at radius 1 is 1.58 bits per heavy atom. The molecule has 0 aliphatic carbocycles. The van der Waals surface area contributed by atoms with Crippen molar-refractivity contribution < 1.29 is 0 Å². The molecule has 12 heavy (non-hydrogen) atoms. The molecule has 1 aromatic heterocycles. The second kappa shape index (κ2) is 3.15. The molecule has 4 heteroatoms. The third-order valence-corrected chi connectivity index (χ3v) is 1.98. The van der Waals surface area contributed by atoms with E-state index in [0.717, 1.165) is 5.69 Å². The Morgan fingerprint density at radius 2 is 2.17 bits per heavy atom. The molecule has 0 aliphatic heterocycles. The van der Waals surface area contributed by atoms with E-state index in [1.165, 1.54) is 4.68 Å². The molecule has 0 spiro atoms. The highest BCUT2D eigenvalue weighted by molar-refractivity contribution is 5.05. The van der Waals surface area contributed by atoms with Crippen molar-refractivity contribution in [3.05, 3.63) is 22.1 Å². The molecule has 0 saturated carbocycles. The van der Waals surface area contributed by atoms with Crippen molar-refractivity contribution in [2.24, 2.45) is 18.7 Å². The van der Waals surface area contributed by atoms with Crippen molar-refractivity contribution in [3.8, 4) is 0 Å². The summed E-state index contributed by atoms with van der Waals surface area (Å²) in [4.78, 5) is 11.0. The molecule has 1 unspecified atom stereocenters. The first-order chi connectivity index (χ1) is 5.52. The first-order valence-corrected chi connectivity index (χ1v) is 4.04. The summed E-state index contributed by atoms with van der Waals surface area (Å²) >= 11 is 0. The number of hydrogen-bond acceptors (Lipinski definition) is 2. The molecule has 1 heterocycles. The second-order valence-corrected chi connectivity index (χ2v) is 3.38. The minimum atomic E-state index is -0.0844. The Morgan fingerprint density at radius 3 is 2.50 bits per heavy atom. The number of hydrogen-bond donors (Lipinski definition) is 2. The van der Waals surface area contributed by atoms with Crippen LogP contribution >= 0.6 is 0 Å². The Kier molecular flexibility index (Phi) is 2.38. The lowest BCUT2D eigenvalue weighted by atomic mass is 10.0. The molecule has 1 rings (SSSR count). The van der Waals surface area contributed by atoms with Crippen LogP contribution in [0, 0.1) is 5.92 Å². The van der Waals surface area contributed by atoms with Gasteiger partial charge in [0, 0.05) is 19.2 Å². The quantitative estimate of drug-likeness (QED) is 0.671. The van der Waals surface area contributed by atoms with Gasteiger partial charge in [0.25, 0.3) is 5.56 Å². The van der Waals surface area contributed by atoms with Gasteiger partial charge in [-0.25, -0.2) is 0 Å². The molecule has 0 fully saturated rings. The lowest BCUT2D eigenvalue weighted by Gasteiger charge is -2.12. The molecule has 3 N–H and O–H groups in total. The molecule has 0 bridgehead atoms. The molecular weight excluding hydrogens is 154 g/mol. The van der Waals surface area contributed by atoms with Crippen molar-refractivity contribution in [2.45, 2.75) is 19.9 Å². The van der Waals surface area contributed by atoms with Gasteiger partial charge in [0.1, 0.15) is 0 Å². The molecule has 0 radical (unpaired) electrons. The largest absolute Gasteiger partial charge is 0.322 e. The van der Waals surface area contributed by atoms with E-state index in [0.29, 0.717) is 5.92 Å². The highest BCUT2D eigenvalue weighted by atomic mass is 16.1. The van der Waals surface area contributed by atoms with Crippen LogP contribution in [0.5, 0.6) is 0 Å². The Hall–Kier alpha value is -1.03. The predicted octanol–water partition coefficient (Wildman–Crippen LogP) is 0.369. The highest BCUT2D eigenvalue weighted by Gasteiger charge is 2.12. The molecule has 4 nitrogen and oxygen atoms in total. The lowest BCUT2D eigenvalue weighted by molar-refractivity contribution is 0.496. The number of nitrogens with zero attached hydrogens (tertiary/aromatic N) is 1. The fraction of sp³-hybridized carbons (Fsp3) is 0.625. The van der Waals surface area contributed by atoms with Gasteiger partial charge in [0.15, 0.2) is 0 Å². The number of rotatable bonds is 2. The van der Waals surface area contributed by atoms with Gasteiger partial charge < -0.3 is 5.73 Å². The minimum Gasteiger partial charge on any atom is -0.322 e. The molecule has 68 valence electrons. The molecular formula is C8H15N3O. The van der Waals surface area contributed by atoms with Crippen LogP contribution in [0.15, 0.2) is 10.9 Å². The summed E-state index contributed by atoms with van der Waals surface area (Å²) in [5.74, 6) is 0.336. The van der Waals surface area contributed by atoms with Crippen LogP contribution in [-0.2, 0) is 7.05 Å². The smallest absolute Gasteiger partial charge is 0.266 e. The zero-order chi connectivity index (χ0) is 9.30. The van der Waals surface area contributed by atoms with E-state index in [4.69, 9.17) is 5.73 Å². The van der Waals surface area contributed by atoms with E-state index in [9.17, 15) is 4.79 Å². The third kappa shape index (κ3) is 1.58. The Bertz CT molecular complexity index is 310. The highest BCUT2D eigenvalue weighted by Crippen LogP contribution is 2.14. The van der Waals surface area contributed by atoms with Gasteiger partial charge in [-0.3, -0.25) is 14.6 Å². The average molecular weight is 169 g/mol. The van der Waals surface area contributed by atoms with Gasteiger partial charge in [-0.1, -0.05) is 13.8 Å². The summed E-state index contributed by atoms with van der Waals surface area (Å²) in [6, 6.07) is 1.46. The van der Waals surface area contributed by atoms with Gasteiger partial charge in [0.2, 0.25) is 0 Å². The van der Waals surface area contributed by atoms with E-state index >= 15 is 0 Å². The van der Waals surface area contributed by atoms with Crippen LogP contribution in [-0.4, -0.2) is 9.78 Å². The maximum Gasteiger partial charge on any atom is 0.266 e. The number of H-pyrrole nitrogens is 1. The van der Waals surface area contributed by atoms with Crippen molar-refractivity contribution in [2.75, 3.05) is 0 Å². The zero-order valence-corrected chi connectivity index (χ0v) is 7.66. The van der Waals surface area contributed by atoms with E-state index in [1.807, 2.05) is 13.8 Å². The van der Waals surface area contributed by atoms with Gasteiger partial charge in [-0.15, -0.1) is 0 Å². The van der Waals surface area contributed by atoms with Crippen molar-refractivity contribution in [1.29, 1.82) is 0 Å². The van der Waals surface area contributed by atoms with Crippen molar-refractivity contribution in [1.82, 2.24) is 9.78 Å². The SMILES string of the molecule is CC(C)C(N)c1cc(=O)n(C)[nH]1. The van der Waals surface area contributed by atoms with Gasteiger partial charge in [-0.2, -0.15) is 0 Å². The fourth-order valence-electron chi connectivity index (χ4n) is 1.04. The average Bonchev–Trinajstić information content (AvgIpc) is 2.30. The van der Waals surface area contributed by atoms with E-state index in [1.54, 1.807) is 13.1 Å². The van der Waals surface area contributed by atoms with Crippen molar-refractivity contribution in [3.63, 3.8) is 0 Å². The van der Waals surface area contributed by atoms with Crippen LogP contribution in [0.2, 0.25) is 0 Å². The Balaban J connectivity index is 2.96. The standard InChI is InChI=1S/C8H15N3O/c1-5(2)8(9)6-4-7(12)11(3)10-6/h4-5,8,10H,9H2,1-3H3. The molecule has 1 aromatic rings. The number of nitrogens with one attached hydrogen (secondary N) is 1. The van der Waals surface area contributed by atoms with Crippen LogP contribution in [0.1, 0.15) is 25.6 Å². The summed E-state index contributed by atoms with van der Waals surface area (Å²) in [5, 5.41) is 2.90. The maximum atomic E-state index is 11.0. The van der Waals surface area contributed by atoms with E-state index in [2.05, 4.69) is 5.10 Å². The fourth-order valence-corrected chi connectivity index (χ4v) is 1.04. The van der Waals surface area contributed by atoms with Gasteiger partial charge >= 0.3 is 0 Å². The molecule has 0 aliphatic rings. The second-order valence-electron chi connectivity index (χ2n) is 3.38. The van der Waals surface area contributed by atoms with E-state index < -0.39 is 0 Å². The van der Waals surface area contributed by atoms with Crippen LogP contribution in [0.3, 0.4) is 0 Å². The first kappa shape index (κ1) is 9.06. The Labute approximate surface area is 71.4 Å². The molecule has 1 atom stereocenters. The molecule has 0 amide bonds. The molecule has 0 saturated heterocycles. The number of aryl methyl sites for hydroxylation is 1. The minimum absolute atomic E-state index is 0.0406. The maximum absolute atomic E-state index is 11.0. The monoisotopic (exact) mass is 169 g/mol.